The molecule has 0 atom stereocenters. The third-order valence-electron chi connectivity index (χ3n) is 5.82. The number of benzene rings is 3. The van der Waals surface area contributed by atoms with Gasteiger partial charge in [0.25, 0.3) is 5.91 Å². The second-order valence-electron chi connectivity index (χ2n) is 7.54. The Labute approximate surface area is 175 Å². The highest BCUT2D eigenvalue weighted by Gasteiger charge is 2.31. The van der Waals surface area contributed by atoms with Crippen LogP contribution in [0.3, 0.4) is 0 Å². The van der Waals surface area contributed by atoms with Crippen LogP contribution in [0.15, 0.2) is 65.6 Å². The molecule has 3 aromatic carbocycles. The van der Waals surface area contributed by atoms with E-state index in [9.17, 15) is 13.2 Å². The van der Waals surface area contributed by atoms with E-state index in [1.807, 2.05) is 42.5 Å². The Kier molecular flexibility index (Phi) is 4.81. The van der Waals surface area contributed by atoms with Crippen molar-refractivity contribution >= 4 is 32.4 Å². The van der Waals surface area contributed by atoms with E-state index in [0.717, 1.165) is 22.0 Å². The van der Waals surface area contributed by atoms with Gasteiger partial charge >= 0.3 is 0 Å². The Morgan fingerprint density at radius 2 is 1.67 bits per heavy atom. The van der Waals surface area contributed by atoms with E-state index in [-0.39, 0.29) is 10.8 Å². The first-order chi connectivity index (χ1) is 14.6. The van der Waals surface area contributed by atoms with Crippen molar-refractivity contribution in [2.24, 2.45) is 0 Å². The van der Waals surface area contributed by atoms with Crippen molar-refractivity contribution in [3.05, 3.63) is 71.8 Å². The molecule has 154 valence electrons. The molecular weight excluding hydrogens is 400 g/mol. The number of nitrogens with zero attached hydrogens (tertiary/aromatic N) is 2. The number of fused-ring (bicyclic) bond motifs is 2. The first-order valence-corrected chi connectivity index (χ1v) is 11.5. The van der Waals surface area contributed by atoms with Gasteiger partial charge in [0.05, 0.1) is 18.1 Å². The van der Waals surface area contributed by atoms with Crippen LogP contribution in [-0.4, -0.2) is 51.5 Å². The molecule has 6 nitrogen and oxygen atoms in total. The molecule has 5 rings (SSSR count). The Morgan fingerprint density at radius 3 is 2.50 bits per heavy atom. The summed E-state index contributed by atoms with van der Waals surface area (Å²) in [6.45, 7) is 2.10. The second kappa shape index (κ2) is 7.50. The van der Waals surface area contributed by atoms with Crippen molar-refractivity contribution in [2.75, 3.05) is 37.7 Å². The molecule has 0 bridgehead atoms. The SMILES string of the molecule is O=C(c1cccc2ccccc12)N1CCc2cc(S(=O)(=O)N3CCOCC3)ccc21. The van der Waals surface area contributed by atoms with Gasteiger partial charge in [0.15, 0.2) is 0 Å². The van der Waals surface area contributed by atoms with Crippen LogP contribution in [0.1, 0.15) is 15.9 Å². The van der Waals surface area contributed by atoms with E-state index in [1.54, 1.807) is 23.1 Å². The fourth-order valence-corrected chi connectivity index (χ4v) is 5.70. The van der Waals surface area contributed by atoms with Gasteiger partial charge in [-0.25, -0.2) is 8.42 Å². The molecule has 1 saturated heterocycles. The van der Waals surface area contributed by atoms with E-state index in [0.29, 0.717) is 44.8 Å². The molecule has 30 heavy (non-hydrogen) atoms. The molecule has 1 fully saturated rings. The van der Waals surface area contributed by atoms with Gasteiger partial charge in [-0.3, -0.25) is 4.79 Å². The molecule has 0 saturated carbocycles. The summed E-state index contributed by atoms with van der Waals surface area (Å²) >= 11 is 0. The summed E-state index contributed by atoms with van der Waals surface area (Å²) < 4.78 is 32.7. The highest BCUT2D eigenvalue weighted by atomic mass is 32.2. The Morgan fingerprint density at radius 1 is 0.900 bits per heavy atom. The van der Waals surface area contributed by atoms with Crippen LogP contribution in [0, 0.1) is 0 Å². The lowest BCUT2D eigenvalue weighted by molar-refractivity contribution is 0.0730. The number of hydrogen-bond acceptors (Lipinski definition) is 4. The lowest BCUT2D eigenvalue weighted by Gasteiger charge is -2.26. The minimum Gasteiger partial charge on any atom is -0.379 e. The zero-order valence-corrected chi connectivity index (χ0v) is 17.3. The number of sulfonamides is 1. The molecule has 0 N–H and O–H groups in total. The molecule has 0 spiro atoms. The van der Waals surface area contributed by atoms with Crippen molar-refractivity contribution in [2.45, 2.75) is 11.3 Å². The fraction of sp³-hybridized carbons (Fsp3) is 0.261. The number of carbonyl (C=O) groups excluding carboxylic acids is 1. The van der Waals surface area contributed by atoms with Gasteiger partial charge in [0, 0.05) is 30.9 Å². The summed E-state index contributed by atoms with van der Waals surface area (Å²) in [5, 5.41) is 1.94. The average Bonchev–Trinajstić information content (AvgIpc) is 3.22. The molecule has 0 radical (unpaired) electrons. The van der Waals surface area contributed by atoms with Crippen molar-refractivity contribution in [1.82, 2.24) is 4.31 Å². The minimum absolute atomic E-state index is 0.0608. The van der Waals surface area contributed by atoms with Gasteiger partial charge in [-0.05, 0) is 47.0 Å². The van der Waals surface area contributed by atoms with Gasteiger partial charge in [-0.15, -0.1) is 0 Å². The van der Waals surface area contributed by atoms with Gasteiger partial charge in [-0.2, -0.15) is 4.31 Å². The maximum atomic E-state index is 13.3. The van der Waals surface area contributed by atoms with Crippen molar-refractivity contribution in [3.63, 3.8) is 0 Å². The van der Waals surface area contributed by atoms with Crippen LogP contribution in [0.4, 0.5) is 5.69 Å². The largest absolute Gasteiger partial charge is 0.379 e. The number of rotatable bonds is 3. The molecule has 3 aromatic rings. The highest BCUT2D eigenvalue weighted by molar-refractivity contribution is 7.89. The van der Waals surface area contributed by atoms with E-state index >= 15 is 0 Å². The van der Waals surface area contributed by atoms with Gasteiger partial charge in [0.1, 0.15) is 0 Å². The van der Waals surface area contributed by atoms with Gasteiger partial charge in [-0.1, -0.05) is 36.4 Å². The lowest BCUT2D eigenvalue weighted by atomic mass is 10.0. The number of carbonyl (C=O) groups is 1. The molecule has 2 aliphatic heterocycles. The van der Waals surface area contributed by atoms with Crippen LogP contribution < -0.4 is 4.90 Å². The summed E-state index contributed by atoms with van der Waals surface area (Å²) in [6.07, 6.45) is 0.637. The maximum Gasteiger partial charge on any atom is 0.258 e. The standard InChI is InChI=1S/C23H22N2O4S/c26-23(21-7-3-5-17-4-1-2-6-20(17)21)25-11-10-18-16-19(8-9-22(18)25)30(27,28)24-12-14-29-15-13-24/h1-9,16H,10-15H2. The number of anilines is 1. The zero-order chi connectivity index (χ0) is 20.7. The Balaban J connectivity index is 1.47. The molecule has 1 amide bonds. The van der Waals surface area contributed by atoms with Crippen LogP contribution in [0.2, 0.25) is 0 Å². The average molecular weight is 423 g/mol. The van der Waals surface area contributed by atoms with Crippen LogP contribution >= 0.6 is 0 Å². The third-order valence-corrected chi connectivity index (χ3v) is 7.71. The summed E-state index contributed by atoms with van der Waals surface area (Å²) in [4.78, 5) is 15.4. The number of hydrogen-bond donors (Lipinski definition) is 0. The number of ether oxygens (including phenoxy) is 1. The number of morpholine rings is 1. The monoisotopic (exact) mass is 422 g/mol. The second-order valence-corrected chi connectivity index (χ2v) is 9.48. The van der Waals surface area contributed by atoms with E-state index in [4.69, 9.17) is 4.74 Å². The van der Waals surface area contributed by atoms with Crippen molar-refractivity contribution in [1.29, 1.82) is 0 Å². The Bertz CT molecular complexity index is 1230. The zero-order valence-electron chi connectivity index (χ0n) is 16.5. The van der Waals surface area contributed by atoms with Gasteiger partial charge < -0.3 is 9.64 Å². The summed E-state index contributed by atoms with van der Waals surface area (Å²) in [6, 6.07) is 18.7. The summed E-state index contributed by atoms with van der Waals surface area (Å²) in [5.41, 5.74) is 2.33. The van der Waals surface area contributed by atoms with Gasteiger partial charge in [0.2, 0.25) is 10.0 Å². The first kappa shape index (κ1) is 19.2. The Hall–Kier alpha value is -2.74. The van der Waals surface area contributed by atoms with Crippen LogP contribution in [0.5, 0.6) is 0 Å². The molecular formula is C23H22N2O4S. The first-order valence-electron chi connectivity index (χ1n) is 10.1. The topological polar surface area (TPSA) is 66.9 Å². The minimum atomic E-state index is -3.55. The van der Waals surface area contributed by atoms with E-state index < -0.39 is 10.0 Å². The quantitative estimate of drug-likeness (QED) is 0.651. The van der Waals surface area contributed by atoms with Crippen molar-refractivity contribution in [3.8, 4) is 0 Å². The summed E-state index contributed by atoms with van der Waals surface area (Å²) in [7, 11) is -3.55. The maximum absolute atomic E-state index is 13.3. The molecule has 0 unspecified atom stereocenters. The van der Waals surface area contributed by atoms with E-state index in [1.165, 1.54) is 4.31 Å². The smallest absolute Gasteiger partial charge is 0.258 e. The van der Waals surface area contributed by atoms with E-state index in [2.05, 4.69) is 0 Å². The lowest BCUT2D eigenvalue weighted by Crippen LogP contribution is -2.40. The third kappa shape index (κ3) is 3.19. The molecule has 0 aliphatic carbocycles. The number of amides is 1. The molecule has 0 aromatic heterocycles. The molecule has 7 heteroatoms. The molecule has 2 heterocycles. The summed E-state index contributed by atoms with van der Waals surface area (Å²) in [5.74, 6) is -0.0608. The van der Waals surface area contributed by atoms with Crippen LogP contribution in [-0.2, 0) is 21.2 Å². The normalized spacial score (nSPS) is 17.3. The van der Waals surface area contributed by atoms with Crippen LogP contribution in [0.25, 0.3) is 10.8 Å². The highest BCUT2D eigenvalue weighted by Crippen LogP contribution is 2.33. The predicted molar refractivity (Wildman–Crippen MR) is 115 cm³/mol. The molecule has 2 aliphatic rings. The van der Waals surface area contributed by atoms with Crippen molar-refractivity contribution < 1.29 is 17.9 Å². The fourth-order valence-electron chi connectivity index (χ4n) is 4.24. The predicted octanol–water partition coefficient (Wildman–Crippen LogP) is 3.06.